The summed E-state index contributed by atoms with van der Waals surface area (Å²) in [5.41, 5.74) is 3.29. The Hall–Kier alpha value is -3.94. The summed E-state index contributed by atoms with van der Waals surface area (Å²) in [6, 6.07) is 20.6. The molecule has 0 bridgehead atoms. The van der Waals surface area contributed by atoms with E-state index in [-0.39, 0.29) is 24.1 Å². The molecule has 6 nitrogen and oxygen atoms in total. The van der Waals surface area contributed by atoms with E-state index >= 15 is 0 Å². The second-order valence-corrected chi connectivity index (χ2v) is 7.72. The topological polar surface area (TPSA) is 70.7 Å². The van der Waals surface area contributed by atoms with Crippen LogP contribution in [0.15, 0.2) is 72.8 Å². The lowest BCUT2D eigenvalue weighted by Crippen LogP contribution is -2.47. The Balaban J connectivity index is 1.55. The smallest absolute Gasteiger partial charge is 0.387 e. The summed E-state index contributed by atoms with van der Waals surface area (Å²) >= 11 is 0. The van der Waals surface area contributed by atoms with Crippen LogP contribution in [0, 0.1) is 0 Å². The van der Waals surface area contributed by atoms with Gasteiger partial charge < -0.3 is 15.4 Å². The Bertz CT molecular complexity index is 1150. The van der Waals surface area contributed by atoms with E-state index in [1.165, 1.54) is 11.0 Å². The molecule has 2 amide bonds. The fourth-order valence-electron chi connectivity index (χ4n) is 3.81. The largest absolute Gasteiger partial charge is 0.435 e. The monoisotopic (exact) mass is 451 g/mol. The molecule has 0 aromatic heterocycles. The fraction of sp³-hybridized carbons (Fsp3) is 0.200. The first-order valence-electron chi connectivity index (χ1n) is 10.5. The number of hydrogen-bond donors (Lipinski definition) is 2. The molecule has 0 saturated carbocycles. The summed E-state index contributed by atoms with van der Waals surface area (Å²) in [6.07, 6.45) is 0.389. The van der Waals surface area contributed by atoms with Crippen molar-refractivity contribution in [2.75, 3.05) is 22.1 Å². The van der Waals surface area contributed by atoms with Gasteiger partial charge in [0, 0.05) is 17.7 Å². The van der Waals surface area contributed by atoms with Crippen LogP contribution in [0.25, 0.3) is 0 Å². The molecule has 4 rings (SSSR count). The van der Waals surface area contributed by atoms with Gasteiger partial charge in [-0.2, -0.15) is 8.78 Å². The number of carbonyl (C=O) groups excluding carboxylic acids is 2. The molecular formula is C25H23F2N3O3. The highest BCUT2D eigenvalue weighted by molar-refractivity contribution is 6.11. The number of carbonyl (C=O) groups is 2. The van der Waals surface area contributed by atoms with Gasteiger partial charge in [0.25, 0.3) is 0 Å². The minimum absolute atomic E-state index is 0.0811. The Labute approximate surface area is 190 Å². The fourth-order valence-corrected chi connectivity index (χ4v) is 3.81. The number of benzene rings is 3. The number of alkyl halides is 2. The van der Waals surface area contributed by atoms with Gasteiger partial charge in [0.15, 0.2) is 0 Å². The van der Waals surface area contributed by atoms with Crippen molar-refractivity contribution in [2.45, 2.75) is 26.0 Å². The molecule has 33 heavy (non-hydrogen) atoms. The van der Waals surface area contributed by atoms with Crippen LogP contribution in [-0.4, -0.2) is 31.0 Å². The molecule has 0 saturated heterocycles. The van der Waals surface area contributed by atoms with E-state index in [0.717, 1.165) is 5.56 Å². The lowest BCUT2D eigenvalue weighted by Gasteiger charge is -2.31. The van der Waals surface area contributed by atoms with Crippen molar-refractivity contribution >= 4 is 28.9 Å². The third-order valence-electron chi connectivity index (χ3n) is 5.30. The summed E-state index contributed by atoms with van der Waals surface area (Å²) in [5, 5.41) is 5.88. The van der Waals surface area contributed by atoms with Gasteiger partial charge in [-0.1, -0.05) is 42.5 Å². The van der Waals surface area contributed by atoms with Crippen LogP contribution < -0.4 is 20.3 Å². The normalized spacial score (nSPS) is 13.8. The summed E-state index contributed by atoms with van der Waals surface area (Å²) in [5.74, 6) is -0.470. The van der Waals surface area contributed by atoms with Crippen LogP contribution in [0.3, 0.4) is 0 Å². The number of amides is 2. The molecule has 0 spiro atoms. The Morgan fingerprint density at radius 1 is 1.09 bits per heavy atom. The lowest BCUT2D eigenvalue weighted by atomic mass is 10.0. The molecule has 1 atom stereocenters. The number of fused-ring (bicyclic) bond motifs is 1. The van der Waals surface area contributed by atoms with E-state index < -0.39 is 12.7 Å². The molecule has 0 aliphatic carbocycles. The quantitative estimate of drug-likeness (QED) is 0.548. The molecule has 2 N–H and O–H groups in total. The maximum Gasteiger partial charge on any atom is 0.387 e. The van der Waals surface area contributed by atoms with Crippen molar-refractivity contribution in [3.8, 4) is 5.75 Å². The number of halogens is 2. The Morgan fingerprint density at radius 2 is 1.82 bits per heavy atom. The molecule has 1 aliphatic heterocycles. The highest BCUT2D eigenvalue weighted by Crippen LogP contribution is 2.30. The molecule has 1 heterocycles. The third kappa shape index (κ3) is 5.28. The number of rotatable bonds is 7. The van der Waals surface area contributed by atoms with Crippen LogP contribution in [0.2, 0.25) is 0 Å². The molecular weight excluding hydrogens is 428 g/mol. The van der Waals surface area contributed by atoms with Crippen molar-refractivity contribution < 1.29 is 23.1 Å². The number of nitrogens with one attached hydrogen (secondary N) is 2. The number of para-hydroxylation sites is 2. The van der Waals surface area contributed by atoms with Crippen molar-refractivity contribution in [3.63, 3.8) is 0 Å². The first-order valence-corrected chi connectivity index (χ1v) is 10.5. The number of ether oxygens (including phenoxy) is 1. The standard InChI is InChI=1S/C25H23F2N3O3/c1-16(24(32)30-15-23(31)29-20-9-5-6-10-21(20)30)28-19-11-12-22(33-25(26)27)18(14-19)13-17-7-3-2-4-8-17/h2-12,14,16,25,28H,13,15H2,1H3,(H,29,31)/t16-/m0/s1. The predicted octanol–water partition coefficient (Wildman–Crippen LogP) is 4.66. The summed E-state index contributed by atoms with van der Waals surface area (Å²) in [4.78, 5) is 26.7. The van der Waals surface area contributed by atoms with Gasteiger partial charge in [0.2, 0.25) is 11.8 Å². The van der Waals surface area contributed by atoms with Gasteiger partial charge in [0.05, 0.1) is 11.4 Å². The molecule has 170 valence electrons. The predicted molar refractivity (Wildman–Crippen MR) is 123 cm³/mol. The molecule has 0 unspecified atom stereocenters. The highest BCUT2D eigenvalue weighted by atomic mass is 19.3. The Kier molecular flexibility index (Phi) is 6.53. The van der Waals surface area contributed by atoms with Crippen LogP contribution in [0.4, 0.5) is 25.8 Å². The van der Waals surface area contributed by atoms with Gasteiger partial charge >= 0.3 is 6.61 Å². The SMILES string of the molecule is C[C@H](Nc1ccc(OC(F)F)c(Cc2ccccc2)c1)C(=O)N1CC(=O)Nc2ccccc21. The maximum atomic E-state index is 13.2. The van der Waals surface area contributed by atoms with Crippen LogP contribution in [-0.2, 0) is 16.0 Å². The van der Waals surface area contributed by atoms with Crippen LogP contribution in [0.1, 0.15) is 18.1 Å². The van der Waals surface area contributed by atoms with Crippen molar-refractivity contribution in [2.24, 2.45) is 0 Å². The van der Waals surface area contributed by atoms with Crippen molar-refractivity contribution in [1.29, 1.82) is 0 Å². The van der Waals surface area contributed by atoms with E-state index in [9.17, 15) is 18.4 Å². The van der Waals surface area contributed by atoms with E-state index in [1.807, 2.05) is 30.3 Å². The second-order valence-electron chi connectivity index (χ2n) is 7.72. The average Bonchev–Trinajstić information content (AvgIpc) is 2.80. The van der Waals surface area contributed by atoms with Gasteiger partial charge in [-0.25, -0.2) is 0 Å². The maximum absolute atomic E-state index is 13.2. The average molecular weight is 451 g/mol. The molecule has 3 aromatic carbocycles. The second kappa shape index (κ2) is 9.68. The highest BCUT2D eigenvalue weighted by Gasteiger charge is 2.29. The van der Waals surface area contributed by atoms with E-state index in [1.54, 1.807) is 43.3 Å². The molecule has 8 heteroatoms. The zero-order valence-electron chi connectivity index (χ0n) is 17.9. The van der Waals surface area contributed by atoms with E-state index in [2.05, 4.69) is 10.6 Å². The minimum atomic E-state index is -2.94. The number of nitrogens with zero attached hydrogens (tertiary/aromatic N) is 1. The molecule has 3 aromatic rings. The summed E-state index contributed by atoms with van der Waals surface area (Å²) < 4.78 is 30.5. The van der Waals surface area contributed by atoms with Crippen molar-refractivity contribution in [1.82, 2.24) is 0 Å². The number of anilines is 3. The van der Waals surface area contributed by atoms with Crippen LogP contribution >= 0.6 is 0 Å². The minimum Gasteiger partial charge on any atom is -0.435 e. The van der Waals surface area contributed by atoms with Gasteiger partial charge in [0.1, 0.15) is 18.3 Å². The van der Waals surface area contributed by atoms with Gasteiger partial charge in [-0.3, -0.25) is 14.5 Å². The summed E-state index contributed by atoms with van der Waals surface area (Å²) in [6.45, 7) is -1.33. The van der Waals surface area contributed by atoms with Gasteiger partial charge in [-0.05, 0) is 42.8 Å². The molecule has 0 fully saturated rings. The lowest BCUT2D eigenvalue weighted by molar-refractivity contribution is -0.122. The zero-order chi connectivity index (χ0) is 23.4. The summed E-state index contributed by atoms with van der Waals surface area (Å²) in [7, 11) is 0. The first kappa shape index (κ1) is 22.3. The van der Waals surface area contributed by atoms with E-state index in [4.69, 9.17) is 4.74 Å². The van der Waals surface area contributed by atoms with Gasteiger partial charge in [-0.15, -0.1) is 0 Å². The molecule has 0 radical (unpaired) electrons. The van der Waals surface area contributed by atoms with E-state index in [0.29, 0.717) is 29.0 Å². The third-order valence-corrected chi connectivity index (χ3v) is 5.30. The number of hydrogen-bond acceptors (Lipinski definition) is 4. The first-order chi connectivity index (χ1) is 15.9. The zero-order valence-corrected chi connectivity index (χ0v) is 17.9. The molecule has 1 aliphatic rings. The van der Waals surface area contributed by atoms with Crippen molar-refractivity contribution in [3.05, 3.63) is 83.9 Å². The van der Waals surface area contributed by atoms with Crippen LogP contribution in [0.5, 0.6) is 5.75 Å². The Morgan fingerprint density at radius 3 is 2.58 bits per heavy atom.